The van der Waals surface area contributed by atoms with Gasteiger partial charge in [-0.3, -0.25) is 4.98 Å². The van der Waals surface area contributed by atoms with Gasteiger partial charge in [0.15, 0.2) is 5.79 Å². The van der Waals surface area contributed by atoms with Crippen molar-refractivity contribution in [2.45, 2.75) is 57.7 Å². The lowest BCUT2D eigenvalue weighted by Gasteiger charge is -2.46. The first-order valence-corrected chi connectivity index (χ1v) is 10.4. The van der Waals surface area contributed by atoms with Crippen molar-refractivity contribution in [3.63, 3.8) is 0 Å². The van der Waals surface area contributed by atoms with Gasteiger partial charge in [0.1, 0.15) is 5.82 Å². The van der Waals surface area contributed by atoms with Gasteiger partial charge in [0.05, 0.1) is 42.7 Å². The molecule has 0 bridgehead atoms. The standard InChI is InChI=1S/C24H28FNO4/c1-14(2)20-19(22(27)28-5)18(15-6-8-16(25)9-7-15)17-10-11-24(29-12-13-30-24)23(3,4)21(17)26-20/h6-9,14H,10-13H2,1-5H3. The summed E-state index contributed by atoms with van der Waals surface area (Å²) in [5.41, 5.74) is 3.99. The average molecular weight is 413 g/mol. The van der Waals surface area contributed by atoms with Crippen molar-refractivity contribution in [1.82, 2.24) is 4.98 Å². The summed E-state index contributed by atoms with van der Waals surface area (Å²) in [7, 11) is 1.37. The molecular formula is C24H28FNO4. The molecule has 1 spiro atoms. The van der Waals surface area contributed by atoms with Crippen LogP contribution in [0.15, 0.2) is 24.3 Å². The molecule has 0 amide bonds. The van der Waals surface area contributed by atoms with Crippen molar-refractivity contribution in [2.24, 2.45) is 0 Å². The molecule has 6 heteroatoms. The maximum Gasteiger partial charge on any atom is 0.340 e. The Morgan fingerprint density at radius 1 is 1.17 bits per heavy atom. The number of esters is 1. The van der Waals surface area contributed by atoms with E-state index in [0.717, 1.165) is 22.4 Å². The van der Waals surface area contributed by atoms with Gasteiger partial charge in [-0.05, 0) is 49.4 Å². The van der Waals surface area contributed by atoms with Crippen LogP contribution in [0.3, 0.4) is 0 Å². The predicted molar refractivity (Wildman–Crippen MR) is 111 cm³/mol. The van der Waals surface area contributed by atoms with Crippen molar-refractivity contribution in [1.29, 1.82) is 0 Å². The molecule has 5 nitrogen and oxygen atoms in total. The van der Waals surface area contributed by atoms with E-state index in [0.29, 0.717) is 37.3 Å². The van der Waals surface area contributed by atoms with Gasteiger partial charge in [-0.25, -0.2) is 9.18 Å². The molecule has 1 aliphatic carbocycles. The molecule has 1 aromatic carbocycles. The molecule has 4 rings (SSSR count). The first kappa shape index (κ1) is 20.9. The molecule has 2 aliphatic rings. The number of benzene rings is 1. The van der Waals surface area contributed by atoms with E-state index in [4.69, 9.17) is 19.2 Å². The van der Waals surface area contributed by atoms with E-state index in [1.165, 1.54) is 19.2 Å². The minimum Gasteiger partial charge on any atom is -0.465 e. The maximum absolute atomic E-state index is 13.7. The van der Waals surface area contributed by atoms with Crippen LogP contribution in [0.2, 0.25) is 0 Å². The molecular weight excluding hydrogens is 385 g/mol. The largest absolute Gasteiger partial charge is 0.465 e. The molecule has 0 saturated carbocycles. The number of hydrogen-bond donors (Lipinski definition) is 0. The summed E-state index contributed by atoms with van der Waals surface area (Å²) in [6, 6.07) is 6.25. The first-order valence-electron chi connectivity index (χ1n) is 10.4. The third-order valence-corrected chi connectivity index (χ3v) is 6.40. The number of nitrogens with zero attached hydrogens (tertiary/aromatic N) is 1. The summed E-state index contributed by atoms with van der Waals surface area (Å²) < 4.78 is 31.0. The van der Waals surface area contributed by atoms with E-state index in [1.807, 2.05) is 13.8 Å². The fourth-order valence-electron chi connectivity index (χ4n) is 4.81. The van der Waals surface area contributed by atoms with E-state index in [-0.39, 0.29) is 11.7 Å². The van der Waals surface area contributed by atoms with Crippen LogP contribution in [0.4, 0.5) is 4.39 Å². The van der Waals surface area contributed by atoms with E-state index in [1.54, 1.807) is 12.1 Å². The number of halogens is 1. The number of methoxy groups -OCH3 is 1. The van der Waals surface area contributed by atoms with Gasteiger partial charge in [0.25, 0.3) is 0 Å². The summed E-state index contributed by atoms with van der Waals surface area (Å²) in [5.74, 6) is -1.49. The molecule has 30 heavy (non-hydrogen) atoms. The average Bonchev–Trinajstić information content (AvgIpc) is 3.20. The summed E-state index contributed by atoms with van der Waals surface area (Å²) in [6.07, 6.45) is 1.30. The van der Waals surface area contributed by atoms with Crippen LogP contribution >= 0.6 is 0 Å². The minimum atomic E-state index is -0.728. The molecule has 1 aromatic heterocycles. The first-order chi connectivity index (χ1) is 14.2. The second-order valence-corrected chi connectivity index (χ2v) is 8.80. The Bertz CT molecular complexity index is 976. The van der Waals surface area contributed by atoms with Crippen LogP contribution in [0, 0.1) is 5.82 Å². The molecule has 0 unspecified atom stereocenters. The van der Waals surface area contributed by atoms with E-state index in [2.05, 4.69) is 13.8 Å². The zero-order valence-corrected chi connectivity index (χ0v) is 18.2. The molecule has 0 atom stereocenters. The topological polar surface area (TPSA) is 57.7 Å². The Kier molecular flexibility index (Phi) is 5.19. The van der Waals surface area contributed by atoms with Gasteiger partial charge in [-0.1, -0.05) is 26.0 Å². The molecule has 2 heterocycles. The van der Waals surface area contributed by atoms with Gasteiger partial charge in [-0.15, -0.1) is 0 Å². The van der Waals surface area contributed by atoms with Crippen molar-refractivity contribution < 1.29 is 23.4 Å². The van der Waals surface area contributed by atoms with Crippen LogP contribution in [-0.4, -0.2) is 37.1 Å². The monoisotopic (exact) mass is 413 g/mol. The number of pyridine rings is 1. The smallest absolute Gasteiger partial charge is 0.340 e. The number of ether oxygens (including phenoxy) is 3. The van der Waals surface area contributed by atoms with Crippen molar-refractivity contribution in [2.75, 3.05) is 20.3 Å². The zero-order valence-electron chi connectivity index (χ0n) is 18.2. The van der Waals surface area contributed by atoms with Crippen molar-refractivity contribution >= 4 is 5.97 Å². The highest BCUT2D eigenvalue weighted by Gasteiger charge is 2.55. The van der Waals surface area contributed by atoms with Gasteiger partial charge in [0.2, 0.25) is 0 Å². The summed E-state index contributed by atoms with van der Waals surface area (Å²) in [6.45, 7) is 9.29. The molecule has 160 valence electrons. The minimum absolute atomic E-state index is 0.0114. The summed E-state index contributed by atoms with van der Waals surface area (Å²) in [4.78, 5) is 17.9. The third kappa shape index (κ3) is 3.05. The Morgan fingerprint density at radius 3 is 2.37 bits per heavy atom. The number of aromatic nitrogens is 1. The van der Waals surface area contributed by atoms with Crippen molar-refractivity contribution in [3.8, 4) is 11.1 Å². The Balaban J connectivity index is 2.06. The predicted octanol–water partition coefficient (Wildman–Crippen LogP) is 4.76. The second-order valence-electron chi connectivity index (χ2n) is 8.80. The lowest BCUT2D eigenvalue weighted by Crippen LogP contribution is -2.53. The van der Waals surface area contributed by atoms with Gasteiger partial charge in [-0.2, -0.15) is 0 Å². The molecule has 2 aromatic rings. The van der Waals surface area contributed by atoms with E-state index in [9.17, 15) is 9.18 Å². The zero-order chi connectivity index (χ0) is 21.7. The maximum atomic E-state index is 13.7. The quantitative estimate of drug-likeness (QED) is 0.679. The van der Waals surface area contributed by atoms with Crippen LogP contribution in [0.5, 0.6) is 0 Å². The number of hydrogen-bond acceptors (Lipinski definition) is 5. The highest BCUT2D eigenvalue weighted by Crippen LogP contribution is 2.51. The number of rotatable bonds is 3. The van der Waals surface area contributed by atoms with Gasteiger partial charge >= 0.3 is 5.97 Å². The second kappa shape index (κ2) is 7.43. The highest BCUT2D eigenvalue weighted by molar-refractivity contribution is 6.00. The molecule has 1 fully saturated rings. The van der Waals surface area contributed by atoms with E-state index < -0.39 is 17.2 Å². The van der Waals surface area contributed by atoms with Crippen LogP contribution in [0.1, 0.15) is 67.3 Å². The molecule has 1 aliphatic heterocycles. The molecule has 0 radical (unpaired) electrons. The number of carbonyl (C=O) groups excluding carboxylic acids is 1. The Morgan fingerprint density at radius 2 is 1.80 bits per heavy atom. The Hall–Kier alpha value is -2.31. The summed E-state index contributed by atoms with van der Waals surface area (Å²) in [5, 5.41) is 0. The van der Waals surface area contributed by atoms with Crippen LogP contribution in [0.25, 0.3) is 11.1 Å². The highest BCUT2D eigenvalue weighted by atomic mass is 19.1. The normalized spacial score (nSPS) is 19.2. The lowest BCUT2D eigenvalue weighted by atomic mass is 9.68. The van der Waals surface area contributed by atoms with Crippen molar-refractivity contribution in [3.05, 3.63) is 52.6 Å². The molecule has 1 saturated heterocycles. The van der Waals surface area contributed by atoms with Crippen LogP contribution in [-0.2, 0) is 26.0 Å². The number of carbonyl (C=O) groups is 1. The van der Waals surface area contributed by atoms with Gasteiger partial charge < -0.3 is 14.2 Å². The summed E-state index contributed by atoms with van der Waals surface area (Å²) >= 11 is 0. The van der Waals surface area contributed by atoms with Crippen LogP contribution < -0.4 is 0 Å². The Labute approximate surface area is 176 Å². The fraction of sp³-hybridized carbons (Fsp3) is 0.500. The van der Waals surface area contributed by atoms with E-state index >= 15 is 0 Å². The lowest BCUT2D eigenvalue weighted by molar-refractivity contribution is -0.210. The molecule has 0 N–H and O–H groups in total. The SMILES string of the molecule is COC(=O)c1c(C(C)C)nc2c(c1-c1ccc(F)cc1)CCC1(OCCO1)C2(C)C. The fourth-order valence-corrected chi connectivity index (χ4v) is 4.81. The van der Waals surface area contributed by atoms with Gasteiger partial charge in [0, 0.05) is 12.0 Å². The number of fused-ring (bicyclic) bond motifs is 1. The third-order valence-electron chi connectivity index (χ3n) is 6.40.